The van der Waals surface area contributed by atoms with Crippen LogP contribution in [0.5, 0.6) is 0 Å². The van der Waals surface area contributed by atoms with Crippen LogP contribution in [0.4, 0.5) is 11.4 Å². The highest BCUT2D eigenvalue weighted by Crippen LogP contribution is 2.49. The Labute approximate surface area is 128 Å². The number of aromatic nitrogens is 1. The van der Waals surface area contributed by atoms with E-state index in [4.69, 9.17) is 17.3 Å². The lowest BCUT2D eigenvalue weighted by Gasteiger charge is -2.16. The van der Waals surface area contributed by atoms with E-state index < -0.39 is 5.41 Å². The van der Waals surface area contributed by atoms with E-state index in [1.54, 1.807) is 6.20 Å². The molecule has 4 nitrogen and oxygen atoms in total. The Bertz CT molecular complexity index is 693. The van der Waals surface area contributed by atoms with Crippen molar-refractivity contribution in [2.24, 2.45) is 0 Å². The molecule has 1 fully saturated rings. The van der Waals surface area contributed by atoms with Crippen LogP contribution in [0.1, 0.15) is 24.0 Å². The van der Waals surface area contributed by atoms with Gasteiger partial charge in [-0.2, -0.15) is 0 Å². The molecule has 3 N–H and O–H groups in total. The van der Waals surface area contributed by atoms with Gasteiger partial charge in [-0.25, -0.2) is 4.98 Å². The number of carbonyl (C=O) groups excluding carboxylic acids is 1. The van der Waals surface area contributed by atoms with Crippen LogP contribution in [0, 0.1) is 6.92 Å². The molecule has 0 spiro atoms. The lowest BCUT2D eigenvalue weighted by molar-refractivity contribution is -0.118. The van der Waals surface area contributed by atoms with Crippen molar-refractivity contribution in [3.63, 3.8) is 0 Å². The third-order valence-corrected chi connectivity index (χ3v) is 4.32. The van der Waals surface area contributed by atoms with E-state index in [0.29, 0.717) is 16.5 Å². The molecule has 0 unspecified atom stereocenters. The molecular weight excluding hydrogens is 286 g/mol. The average molecular weight is 302 g/mol. The number of nitrogens with one attached hydrogen (secondary N) is 1. The molecule has 3 rings (SSSR count). The minimum Gasteiger partial charge on any atom is -0.399 e. The van der Waals surface area contributed by atoms with Crippen LogP contribution in [0.3, 0.4) is 0 Å². The lowest BCUT2D eigenvalue weighted by atomic mass is 9.94. The standard InChI is InChI=1S/C16H16ClN3O/c1-10-8-13(9-19-14(10)17)20-15(21)16(6-7-16)11-2-4-12(18)5-3-11/h2-5,8-9H,6-7,18H2,1H3,(H,20,21). The summed E-state index contributed by atoms with van der Waals surface area (Å²) in [5.74, 6) is -0.00389. The number of anilines is 2. The first-order valence-corrected chi connectivity index (χ1v) is 7.19. The molecule has 1 aromatic heterocycles. The fourth-order valence-electron chi connectivity index (χ4n) is 2.45. The van der Waals surface area contributed by atoms with E-state index in [0.717, 1.165) is 24.0 Å². The Balaban J connectivity index is 1.81. The Hall–Kier alpha value is -2.07. The van der Waals surface area contributed by atoms with Gasteiger partial charge in [0.1, 0.15) is 5.15 Å². The summed E-state index contributed by atoms with van der Waals surface area (Å²) in [5.41, 5.74) is 8.49. The van der Waals surface area contributed by atoms with Crippen molar-refractivity contribution >= 4 is 28.9 Å². The van der Waals surface area contributed by atoms with Gasteiger partial charge in [-0.1, -0.05) is 23.7 Å². The van der Waals surface area contributed by atoms with Gasteiger partial charge in [-0.3, -0.25) is 4.79 Å². The molecule has 0 radical (unpaired) electrons. The zero-order valence-corrected chi connectivity index (χ0v) is 12.4. The second kappa shape index (κ2) is 5.04. The van der Waals surface area contributed by atoms with Gasteiger partial charge >= 0.3 is 0 Å². The van der Waals surface area contributed by atoms with Crippen molar-refractivity contribution in [3.8, 4) is 0 Å². The number of amides is 1. The number of nitrogens with zero attached hydrogens (tertiary/aromatic N) is 1. The quantitative estimate of drug-likeness (QED) is 0.675. The fourth-order valence-corrected chi connectivity index (χ4v) is 2.55. The van der Waals surface area contributed by atoms with Gasteiger partial charge in [0.05, 0.1) is 17.3 Å². The summed E-state index contributed by atoms with van der Waals surface area (Å²) in [6.45, 7) is 1.86. The maximum atomic E-state index is 12.6. The maximum Gasteiger partial charge on any atom is 0.235 e. The molecule has 0 bridgehead atoms. The molecule has 1 aliphatic rings. The van der Waals surface area contributed by atoms with E-state index in [-0.39, 0.29) is 5.91 Å². The molecule has 0 saturated heterocycles. The topological polar surface area (TPSA) is 68.0 Å². The molecule has 0 atom stereocenters. The van der Waals surface area contributed by atoms with Gasteiger partial charge in [0.15, 0.2) is 0 Å². The largest absolute Gasteiger partial charge is 0.399 e. The zero-order chi connectivity index (χ0) is 15.0. The van der Waals surface area contributed by atoms with Crippen LogP contribution in [0.25, 0.3) is 0 Å². The molecular formula is C16H16ClN3O. The van der Waals surface area contributed by atoms with Crippen LogP contribution in [-0.4, -0.2) is 10.9 Å². The van der Waals surface area contributed by atoms with Crippen molar-refractivity contribution < 1.29 is 4.79 Å². The molecule has 108 valence electrons. The number of nitrogens with two attached hydrogens (primary N) is 1. The Kier molecular flexibility index (Phi) is 3.33. The first-order valence-electron chi connectivity index (χ1n) is 6.81. The summed E-state index contributed by atoms with van der Waals surface area (Å²) >= 11 is 5.89. The molecule has 0 aliphatic heterocycles. The summed E-state index contributed by atoms with van der Waals surface area (Å²) in [6, 6.07) is 9.33. The van der Waals surface area contributed by atoms with Crippen molar-refractivity contribution in [3.05, 3.63) is 52.8 Å². The molecule has 1 saturated carbocycles. The number of aryl methyl sites for hydroxylation is 1. The number of hydrogen-bond acceptors (Lipinski definition) is 3. The summed E-state index contributed by atoms with van der Waals surface area (Å²) < 4.78 is 0. The predicted molar refractivity (Wildman–Crippen MR) is 84.4 cm³/mol. The van der Waals surface area contributed by atoms with Gasteiger partial charge in [-0.05, 0) is 49.1 Å². The van der Waals surface area contributed by atoms with Crippen LogP contribution < -0.4 is 11.1 Å². The fraction of sp³-hybridized carbons (Fsp3) is 0.250. The van der Waals surface area contributed by atoms with Crippen molar-refractivity contribution in [2.75, 3.05) is 11.1 Å². The van der Waals surface area contributed by atoms with Crippen molar-refractivity contribution in [2.45, 2.75) is 25.2 Å². The first-order chi connectivity index (χ1) is 10.0. The second-order valence-electron chi connectivity index (χ2n) is 5.49. The Morgan fingerprint density at radius 3 is 2.57 bits per heavy atom. The minimum absolute atomic E-state index is 0.00389. The van der Waals surface area contributed by atoms with Crippen molar-refractivity contribution in [1.82, 2.24) is 4.98 Å². The number of benzene rings is 1. The van der Waals surface area contributed by atoms with Gasteiger partial charge < -0.3 is 11.1 Å². The number of rotatable bonds is 3. The highest BCUT2D eigenvalue weighted by molar-refractivity contribution is 6.30. The SMILES string of the molecule is Cc1cc(NC(=O)C2(c3ccc(N)cc3)CC2)cnc1Cl. The van der Waals surface area contributed by atoms with Crippen LogP contribution in [0.2, 0.25) is 5.15 Å². The number of carbonyl (C=O) groups is 1. The molecule has 21 heavy (non-hydrogen) atoms. The molecule has 5 heteroatoms. The van der Waals surface area contributed by atoms with E-state index in [9.17, 15) is 4.79 Å². The van der Waals surface area contributed by atoms with E-state index in [1.165, 1.54) is 0 Å². The molecule has 1 aliphatic carbocycles. The average Bonchev–Trinajstić information content (AvgIpc) is 3.25. The Morgan fingerprint density at radius 2 is 2.00 bits per heavy atom. The van der Waals surface area contributed by atoms with Crippen LogP contribution >= 0.6 is 11.6 Å². The maximum absolute atomic E-state index is 12.6. The van der Waals surface area contributed by atoms with Gasteiger partial charge in [0.25, 0.3) is 0 Å². The third kappa shape index (κ3) is 2.59. The summed E-state index contributed by atoms with van der Waals surface area (Å²) in [6.07, 6.45) is 3.28. The van der Waals surface area contributed by atoms with Crippen LogP contribution in [-0.2, 0) is 10.2 Å². The molecule has 1 heterocycles. The highest BCUT2D eigenvalue weighted by atomic mass is 35.5. The second-order valence-corrected chi connectivity index (χ2v) is 5.85. The Morgan fingerprint density at radius 1 is 1.33 bits per heavy atom. The zero-order valence-electron chi connectivity index (χ0n) is 11.7. The number of nitrogen functional groups attached to an aromatic ring is 1. The van der Waals surface area contributed by atoms with Crippen molar-refractivity contribution in [1.29, 1.82) is 0 Å². The number of pyridine rings is 1. The summed E-state index contributed by atoms with van der Waals surface area (Å²) in [7, 11) is 0. The van der Waals surface area contributed by atoms with Crippen LogP contribution in [0.15, 0.2) is 36.5 Å². The molecule has 1 amide bonds. The van der Waals surface area contributed by atoms with E-state index in [1.807, 2.05) is 37.3 Å². The highest BCUT2D eigenvalue weighted by Gasteiger charge is 2.51. The summed E-state index contributed by atoms with van der Waals surface area (Å²) in [4.78, 5) is 16.6. The molecule has 2 aromatic rings. The monoisotopic (exact) mass is 301 g/mol. The predicted octanol–water partition coefficient (Wildman–Crippen LogP) is 3.30. The first kappa shape index (κ1) is 13.9. The number of hydrogen-bond donors (Lipinski definition) is 2. The minimum atomic E-state index is -0.429. The van der Waals surface area contributed by atoms with E-state index in [2.05, 4.69) is 10.3 Å². The normalized spacial score (nSPS) is 15.5. The smallest absolute Gasteiger partial charge is 0.235 e. The number of halogens is 1. The van der Waals surface area contributed by atoms with E-state index >= 15 is 0 Å². The van der Waals surface area contributed by atoms with Gasteiger partial charge in [-0.15, -0.1) is 0 Å². The molecule has 1 aromatic carbocycles. The third-order valence-electron chi connectivity index (χ3n) is 3.92. The summed E-state index contributed by atoms with van der Waals surface area (Å²) in [5, 5.41) is 3.39. The lowest BCUT2D eigenvalue weighted by Crippen LogP contribution is -2.27. The van der Waals surface area contributed by atoms with Gasteiger partial charge in [0.2, 0.25) is 5.91 Å². The van der Waals surface area contributed by atoms with Gasteiger partial charge in [0, 0.05) is 5.69 Å².